The van der Waals surface area contributed by atoms with E-state index in [-0.39, 0.29) is 42.8 Å². The largest absolute Gasteiger partial charge is 0.480 e. The Morgan fingerprint density at radius 3 is 2.31 bits per heavy atom. The van der Waals surface area contributed by atoms with Gasteiger partial charge in [-0.1, -0.05) is 27.2 Å². The number of ether oxygens (including phenoxy) is 2. The molecule has 0 aromatic heterocycles. The first kappa shape index (κ1) is 30.8. The summed E-state index contributed by atoms with van der Waals surface area (Å²) in [6, 6.07) is -0.601. The summed E-state index contributed by atoms with van der Waals surface area (Å²) in [6.07, 6.45) is 1.27. The van der Waals surface area contributed by atoms with Crippen LogP contribution in [-0.2, 0) is 28.7 Å². The molecule has 6 atom stereocenters. The smallest absolute Gasteiger partial charge is 0.322 e. The third kappa shape index (κ3) is 8.43. The lowest BCUT2D eigenvalue weighted by atomic mass is 9.90. The highest BCUT2D eigenvalue weighted by Gasteiger charge is 2.41. The maximum atomic E-state index is 13.5. The minimum absolute atomic E-state index is 0.0769. The Balaban J connectivity index is 3.04. The van der Waals surface area contributed by atoms with Crippen LogP contribution in [0.1, 0.15) is 46.5 Å². The molecule has 3 N–H and O–H groups in total. The molecule has 1 fully saturated rings. The lowest BCUT2D eigenvalue weighted by molar-refractivity contribution is -0.146. The zero-order chi connectivity index (χ0) is 26.7. The van der Waals surface area contributed by atoms with Crippen LogP contribution in [0.3, 0.4) is 0 Å². The third-order valence-corrected chi connectivity index (χ3v) is 7.05. The second-order valence-electron chi connectivity index (χ2n) is 9.29. The van der Waals surface area contributed by atoms with Gasteiger partial charge in [-0.15, -0.1) is 0 Å². The number of likely N-dealkylation sites (tertiary alicyclic amines) is 1. The van der Waals surface area contributed by atoms with Gasteiger partial charge in [-0.2, -0.15) is 0 Å². The van der Waals surface area contributed by atoms with Gasteiger partial charge in [0.1, 0.15) is 6.54 Å². The van der Waals surface area contributed by atoms with Crippen molar-refractivity contribution in [3.63, 3.8) is 0 Å². The van der Waals surface area contributed by atoms with Crippen molar-refractivity contribution in [2.75, 3.05) is 47.9 Å². The topological polar surface area (TPSA) is 138 Å². The number of aliphatic carboxylic acids is 1. The van der Waals surface area contributed by atoms with Crippen molar-refractivity contribution in [2.24, 2.45) is 11.8 Å². The van der Waals surface area contributed by atoms with Crippen molar-refractivity contribution < 1.29 is 33.8 Å². The second-order valence-corrected chi connectivity index (χ2v) is 9.29. The van der Waals surface area contributed by atoms with Crippen molar-refractivity contribution in [3.8, 4) is 0 Å². The maximum absolute atomic E-state index is 13.5. The number of hydrogen-bond acceptors (Lipinski definition) is 7. The number of rotatable bonds is 15. The fourth-order valence-electron chi connectivity index (χ4n) is 4.93. The van der Waals surface area contributed by atoms with Gasteiger partial charge in [-0.3, -0.25) is 19.2 Å². The van der Waals surface area contributed by atoms with Gasteiger partial charge in [0, 0.05) is 27.8 Å². The molecule has 0 aromatic rings. The van der Waals surface area contributed by atoms with Gasteiger partial charge in [0.2, 0.25) is 17.7 Å². The Morgan fingerprint density at radius 2 is 1.80 bits per heavy atom. The van der Waals surface area contributed by atoms with Gasteiger partial charge < -0.3 is 35.0 Å². The summed E-state index contributed by atoms with van der Waals surface area (Å²) in [7, 11) is 6.50. The van der Waals surface area contributed by atoms with Crippen LogP contribution < -0.4 is 10.6 Å². The number of likely N-dealkylation sites (N-methyl/N-ethyl adjacent to an activating group) is 2. The van der Waals surface area contributed by atoms with Gasteiger partial charge in [0.15, 0.2) is 0 Å². The highest BCUT2D eigenvalue weighted by Crippen LogP contribution is 2.29. The molecule has 1 aliphatic heterocycles. The number of carboxylic acid groups (broad SMARTS) is 1. The van der Waals surface area contributed by atoms with Gasteiger partial charge in [0.05, 0.1) is 43.2 Å². The predicted molar refractivity (Wildman–Crippen MR) is 131 cm³/mol. The third-order valence-electron chi connectivity index (χ3n) is 7.05. The van der Waals surface area contributed by atoms with Crippen LogP contribution in [0, 0.1) is 11.8 Å². The van der Waals surface area contributed by atoms with E-state index in [1.807, 2.05) is 13.8 Å². The van der Waals surface area contributed by atoms with Crippen LogP contribution in [0.5, 0.6) is 0 Å². The minimum Gasteiger partial charge on any atom is -0.480 e. The average molecular weight is 501 g/mol. The predicted octanol–water partition coefficient (Wildman–Crippen LogP) is 0.327. The van der Waals surface area contributed by atoms with E-state index in [1.165, 1.54) is 7.11 Å². The lowest BCUT2D eigenvalue weighted by Gasteiger charge is -2.39. The normalized spacial score (nSPS) is 20.0. The Morgan fingerprint density at radius 1 is 1.14 bits per heavy atom. The fraction of sp³-hybridized carbons (Fsp3) is 0.833. The molecular formula is C24H44N4O7. The molecule has 202 valence electrons. The zero-order valence-electron chi connectivity index (χ0n) is 22.2. The van der Waals surface area contributed by atoms with E-state index < -0.39 is 36.5 Å². The molecule has 0 aromatic carbocycles. The Kier molecular flexibility index (Phi) is 13.2. The first-order valence-corrected chi connectivity index (χ1v) is 12.3. The molecule has 0 aliphatic carbocycles. The van der Waals surface area contributed by atoms with Crippen LogP contribution in [0.15, 0.2) is 0 Å². The molecular weight excluding hydrogens is 456 g/mol. The summed E-state index contributed by atoms with van der Waals surface area (Å²) < 4.78 is 11.4. The Labute approximate surface area is 208 Å². The van der Waals surface area contributed by atoms with Crippen molar-refractivity contribution in [1.29, 1.82) is 0 Å². The Hall–Kier alpha value is -2.24. The number of amides is 3. The van der Waals surface area contributed by atoms with Crippen molar-refractivity contribution in [1.82, 2.24) is 20.4 Å². The number of carboxylic acids is 1. The number of carbonyl (C=O) groups is 4. The van der Waals surface area contributed by atoms with Crippen LogP contribution in [0.25, 0.3) is 0 Å². The summed E-state index contributed by atoms with van der Waals surface area (Å²) in [4.78, 5) is 52.8. The quantitative estimate of drug-likeness (QED) is 0.292. The zero-order valence-corrected chi connectivity index (χ0v) is 22.2. The van der Waals surface area contributed by atoms with Crippen LogP contribution >= 0.6 is 0 Å². The molecule has 11 heteroatoms. The molecule has 1 aliphatic rings. The fourth-order valence-corrected chi connectivity index (χ4v) is 4.93. The summed E-state index contributed by atoms with van der Waals surface area (Å²) in [6.45, 7) is 6.01. The first-order valence-electron chi connectivity index (χ1n) is 12.3. The van der Waals surface area contributed by atoms with E-state index in [0.29, 0.717) is 13.0 Å². The molecule has 1 heterocycles. The first-order chi connectivity index (χ1) is 16.5. The van der Waals surface area contributed by atoms with Crippen molar-refractivity contribution in [2.45, 2.75) is 70.7 Å². The molecule has 11 nitrogen and oxygen atoms in total. The number of nitrogens with zero attached hydrogens (tertiary/aromatic N) is 2. The van der Waals surface area contributed by atoms with E-state index in [9.17, 15) is 19.2 Å². The summed E-state index contributed by atoms with van der Waals surface area (Å²) >= 11 is 0. The highest BCUT2D eigenvalue weighted by molar-refractivity contribution is 5.83. The van der Waals surface area contributed by atoms with Gasteiger partial charge in [-0.05, 0) is 25.8 Å². The van der Waals surface area contributed by atoms with Crippen molar-refractivity contribution >= 4 is 23.7 Å². The van der Waals surface area contributed by atoms with E-state index in [4.69, 9.17) is 14.6 Å². The summed E-state index contributed by atoms with van der Waals surface area (Å²) in [5.41, 5.74) is 0. The second kappa shape index (κ2) is 15.0. The van der Waals surface area contributed by atoms with Crippen LogP contribution in [0.2, 0.25) is 0 Å². The highest BCUT2D eigenvalue weighted by atomic mass is 16.5. The molecule has 0 bridgehead atoms. The average Bonchev–Trinajstić information content (AvgIpc) is 3.31. The molecule has 1 rings (SSSR count). The van der Waals surface area contributed by atoms with Gasteiger partial charge in [0.25, 0.3) is 0 Å². The summed E-state index contributed by atoms with van der Waals surface area (Å²) in [5, 5.41) is 14.1. The van der Waals surface area contributed by atoms with Crippen LogP contribution in [0.4, 0.5) is 0 Å². The standard InChI is InChI=1S/C24H44N4O7/c1-8-15(2)22(27(5)20(30)13-25-4)18(34-6)12-19(29)28-11-9-10-17(28)23(35-7)16(3)24(33)26-14-21(31)32/h15-18,22-23,25H,8-14H2,1-7H3,(H,26,33)(H,31,32). The van der Waals surface area contributed by atoms with E-state index in [1.54, 1.807) is 37.9 Å². The van der Waals surface area contributed by atoms with Gasteiger partial charge in [-0.25, -0.2) is 0 Å². The number of hydrogen-bond donors (Lipinski definition) is 3. The van der Waals surface area contributed by atoms with E-state index in [0.717, 1.165) is 12.8 Å². The SMILES string of the molecule is CCC(C)C(C(CC(=O)N1CCCC1C(OC)C(C)C(=O)NCC(=O)O)OC)N(C)C(=O)CNC. The van der Waals surface area contributed by atoms with E-state index >= 15 is 0 Å². The molecule has 0 spiro atoms. The molecule has 0 radical (unpaired) electrons. The lowest BCUT2D eigenvalue weighted by Crippen LogP contribution is -2.54. The maximum Gasteiger partial charge on any atom is 0.322 e. The number of carbonyl (C=O) groups excluding carboxylic acids is 3. The molecule has 35 heavy (non-hydrogen) atoms. The van der Waals surface area contributed by atoms with Gasteiger partial charge >= 0.3 is 5.97 Å². The molecule has 6 unspecified atom stereocenters. The van der Waals surface area contributed by atoms with E-state index in [2.05, 4.69) is 10.6 Å². The summed E-state index contributed by atoms with van der Waals surface area (Å²) in [5.74, 6) is -2.30. The monoisotopic (exact) mass is 500 g/mol. The number of nitrogens with one attached hydrogen (secondary N) is 2. The molecule has 1 saturated heterocycles. The Bertz CT molecular complexity index is 720. The van der Waals surface area contributed by atoms with Crippen molar-refractivity contribution in [3.05, 3.63) is 0 Å². The number of methoxy groups -OCH3 is 2. The van der Waals surface area contributed by atoms with Crippen LogP contribution in [-0.4, -0.2) is 111 Å². The molecule has 0 saturated carbocycles. The molecule has 3 amide bonds. The minimum atomic E-state index is -1.13.